The zero-order valence-electron chi connectivity index (χ0n) is 22.0. The third-order valence-electron chi connectivity index (χ3n) is 6.70. The number of benzene rings is 2. The Balaban J connectivity index is 1.26. The molecular weight excluding hydrogens is 496 g/mol. The van der Waals surface area contributed by atoms with E-state index in [4.69, 9.17) is 9.47 Å². The van der Waals surface area contributed by atoms with Crippen LogP contribution in [-0.4, -0.2) is 71.2 Å². The van der Waals surface area contributed by atoms with Crippen LogP contribution in [0.4, 0.5) is 5.69 Å². The lowest BCUT2D eigenvalue weighted by Gasteiger charge is -2.45. The Morgan fingerprint density at radius 3 is 2.67 bits per heavy atom. The molecule has 0 aliphatic carbocycles. The predicted molar refractivity (Wildman–Crippen MR) is 146 cm³/mol. The van der Waals surface area contributed by atoms with Gasteiger partial charge in [0.25, 0.3) is 11.8 Å². The summed E-state index contributed by atoms with van der Waals surface area (Å²) in [6, 6.07) is 17.1. The topological polar surface area (TPSA) is 104 Å². The molecule has 1 aromatic heterocycles. The highest BCUT2D eigenvalue weighted by atomic mass is 16.5. The number of rotatable bonds is 5. The number of ether oxygens (including phenoxy) is 2. The number of fused-ring (bicyclic) bond motifs is 1. The summed E-state index contributed by atoms with van der Waals surface area (Å²) in [6.07, 6.45) is 1.48. The fourth-order valence-electron chi connectivity index (χ4n) is 4.39. The maximum atomic E-state index is 13.3. The Labute approximate surface area is 227 Å². The number of para-hydroxylation sites is 1. The van der Waals surface area contributed by atoms with E-state index in [1.165, 1.54) is 17.2 Å². The summed E-state index contributed by atoms with van der Waals surface area (Å²) in [5, 5.41) is 13.3. The van der Waals surface area contributed by atoms with Crippen LogP contribution in [0.25, 0.3) is 0 Å². The number of nitrogens with one attached hydrogen (secondary N) is 1. The lowest BCUT2D eigenvalue weighted by atomic mass is 9.93. The molecule has 2 N–H and O–H groups in total. The molecule has 1 fully saturated rings. The van der Waals surface area contributed by atoms with Gasteiger partial charge in [-0.3, -0.25) is 19.5 Å². The van der Waals surface area contributed by atoms with Gasteiger partial charge in [-0.2, -0.15) is 0 Å². The Bertz CT molecular complexity index is 1440. The Morgan fingerprint density at radius 1 is 1.15 bits per heavy atom. The van der Waals surface area contributed by atoms with E-state index >= 15 is 0 Å². The minimum Gasteiger partial charge on any atom is -0.489 e. The van der Waals surface area contributed by atoms with Gasteiger partial charge in [-0.05, 0) is 50.2 Å². The van der Waals surface area contributed by atoms with E-state index < -0.39 is 17.6 Å². The first-order valence-corrected chi connectivity index (χ1v) is 12.7. The number of hydrogen-bond donors (Lipinski definition) is 2. The molecule has 0 unspecified atom stereocenters. The number of carbonyl (C=O) groups excluding carboxylic acids is 2. The minimum absolute atomic E-state index is 0.0437. The molecule has 2 aliphatic heterocycles. The highest BCUT2D eigenvalue weighted by molar-refractivity contribution is 6.03. The molecule has 0 spiro atoms. The molecule has 39 heavy (non-hydrogen) atoms. The number of β-amino-alcohol motifs (C(OH)–C–C–N with tert-alkyl or cyclic N) is 1. The third-order valence-corrected chi connectivity index (χ3v) is 6.70. The first-order chi connectivity index (χ1) is 18.7. The predicted octanol–water partition coefficient (Wildman–Crippen LogP) is 2.83. The van der Waals surface area contributed by atoms with Crippen LogP contribution < -0.4 is 19.7 Å². The molecule has 9 heteroatoms. The molecule has 3 aromatic rings. The maximum absolute atomic E-state index is 13.3. The van der Waals surface area contributed by atoms with Crippen LogP contribution in [0.15, 0.2) is 66.9 Å². The van der Waals surface area contributed by atoms with Gasteiger partial charge in [-0.25, -0.2) is 0 Å². The second-order valence-electron chi connectivity index (χ2n) is 9.99. The first kappa shape index (κ1) is 26.2. The zero-order chi connectivity index (χ0) is 27.6. The van der Waals surface area contributed by atoms with E-state index in [0.29, 0.717) is 47.6 Å². The number of nitrogens with zero attached hydrogens (tertiary/aromatic N) is 3. The first-order valence-electron chi connectivity index (χ1n) is 12.7. The van der Waals surface area contributed by atoms with Crippen molar-refractivity contribution in [2.24, 2.45) is 0 Å². The molecule has 2 aromatic carbocycles. The van der Waals surface area contributed by atoms with Gasteiger partial charge in [-0.1, -0.05) is 30.0 Å². The fraction of sp³-hybridized carbons (Fsp3) is 0.300. The Morgan fingerprint density at radius 2 is 1.92 bits per heavy atom. The van der Waals surface area contributed by atoms with Gasteiger partial charge >= 0.3 is 0 Å². The number of aromatic nitrogens is 1. The smallest absolute Gasteiger partial charge is 0.270 e. The summed E-state index contributed by atoms with van der Waals surface area (Å²) < 4.78 is 11.7. The number of pyridine rings is 1. The van der Waals surface area contributed by atoms with Crippen LogP contribution in [0.2, 0.25) is 0 Å². The third kappa shape index (κ3) is 5.87. The van der Waals surface area contributed by atoms with Crippen LogP contribution in [0, 0.1) is 11.8 Å². The second-order valence-corrected chi connectivity index (χ2v) is 9.99. The summed E-state index contributed by atoms with van der Waals surface area (Å²) in [4.78, 5) is 34.0. The van der Waals surface area contributed by atoms with E-state index in [2.05, 4.69) is 40.9 Å². The van der Waals surface area contributed by atoms with Crippen molar-refractivity contribution < 1.29 is 24.2 Å². The van der Waals surface area contributed by atoms with Gasteiger partial charge < -0.3 is 24.8 Å². The number of likely N-dealkylation sites (tertiary alicyclic amines) is 1. The minimum atomic E-state index is -1.04. The van der Waals surface area contributed by atoms with E-state index in [1.807, 2.05) is 30.3 Å². The summed E-state index contributed by atoms with van der Waals surface area (Å²) in [5.74, 6) is 6.71. The van der Waals surface area contributed by atoms with Gasteiger partial charge in [0.15, 0.2) is 5.60 Å². The summed E-state index contributed by atoms with van der Waals surface area (Å²) in [6.45, 7) is 5.12. The Hall–Kier alpha value is -4.39. The second kappa shape index (κ2) is 10.8. The molecule has 5 rings (SSSR count). The SMILES string of the molecule is CC(C)N1CC(O)(C#Cc2ccc3c(c2)N(C)C(=O)[C@@H](NC(=O)c2cc(Oc4ccccc4)ccn2)CO3)C1. The van der Waals surface area contributed by atoms with Gasteiger partial charge in [0.2, 0.25) is 0 Å². The number of aliphatic hydroxyl groups is 1. The van der Waals surface area contributed by atoms with Crippen molar-refractivity contribution in [2.75, 3.05) is 31.6 Å². The van der Waals surface area contributed by atoms with Crippen molar-refractivity contribution >= 4 is 17.5 Å². The van der Waals surface area contributed by atoms with Crippen LogP contribution in [-0.2, 0) is 4.79 Å². The lowest BCUT2D eigenvalue weighted by Crippen LogP contribution is -2.62. The summed E-state index contributed by atoms with van der Waals surface area (Å²) in [5.41, 5.74) is 0.255. The van der Waals surface area contributed by atoms with Gasteiger partial charge in [0.05, 0.1) is 5.69 Å². The van der Waals surface area contributed by atoms with Gasteiger partial charge in [0.1, 0.15) is 35.6 Å². The maximum Gasteiger partial charge on any atom is 0.270 e. The van der Waals surface area contributed by atoms with Crippen molar-refractivity contribution in [1.29, 1.82) is 0 Å². The van der Waals surface area contributed by atoms with Crippen LogP contribution in [0.5, 0.6) is 17.2 Å². The van der Waals surface area contributed by atoms with Gasteiger partial charge in [-0.15, -0.1) is 0 Å². The molecule has 2 amide bonds. The molecule has 0 saturated carbocycles. The average molecular weight is 527 g/mol. The number of carbonyl (C=O) groups is 2. The van der Waals surface area contributed by atoms with Crippen LogP contribution in [0.1, 0.15) is 29.9 Å². The summed E-state index contributed by atoms with van der Waals surface area (Å²) >= 11 is 0. The molecule has 1 saturated heterocycles. The lowest BCUT2D eigenvalue weighted by molar-refractivity contribution is -0.120. The molecular formula is C30H30N4O5. The van der Waals surface area contributed by atoms with E-state index in [-0.39, 0.29) is 18.2 Å². The quantitative estimate of drug-likeness (QED) is 0.493. The number of anilines is 1. The molecule has 0 bridgehead atoms. The molecule has 0 radical (unpaired) electrons. The average Bonchev–Trinajstić information content (AvgIpc) is 3.03. The number of hydrogen-bond acceptors (Lipinski definition) is 7. The monoisotopic (exact) mass is 526 g/mol. The number of amides is 2. The molecule has 9 nitrogen and oxygen atoms in total. The van der Waals surface area contributed by atoms with Gasteiger partial charge in [0, 0.05) is 44.0 Å². The highest BCUT2D eigenvalue weighted by Gasteiger charge is 2.40. The van der Waals surface area contributed by atoms with Crippen molar-refractivity contribution in [2.45, 2.75) is 31.5 Å². The van der Waals surface area contributed by atoms with Crippen molar-refractivity contribution in [1.82, 2.24) is 15.2 Å². The number of likely N-dealkylation sites (N-methyl/N-ethyl adjacent to an activating group) is 1. The molecule has 2 aliphatic rings. The van der Waals surface area contributed by atoms with Crippen LogP contribution >= 0.6 is 0 Å². The van der Waals surface area contributed by atoms with E-state index in [9.17, 15) is 14.7 Å². The normalized spacial score (nSPS) is 18.1. The standard InChI is InChI=1S/C30H30N4O5/c1-20(2)34-18-30(37,19-34)13-11-21-9-10-27-26(15-21)33(3)29(36)25(17-38-27)32-28(35)24-16-23(12-14-31-24)39-22-7-5-4-6-8-22/h4-10,12,14-16,20,25,37H,17-19H2,1-3H3,(H,32,35)/t25-/m0/s1. The molecule has 200 valence electrons. The zero-order valence-corrected chi connectivity index (χ0v) is 22.0. The largest absolute Gasteiger partial charge is 0.489 e. The van der Waals surface area contributed by atoms with Crippen molar-refractivity contribution in [3.8, 4) is 29.1 Å². The fourth-order valence-corrected chi connectivity index (χ4v) is 4.39. The Kier molecular flexibility index (Phi) is 7.24. The van der Waals surface area contributed by atoms with E-state index in [0.717, 1.165) is 0 Å². The van der Waals surface area contributed by atoms with Crippen LogP contribution in [0.3, 0.4) is 0 Å². The molecule has 3 heterocycles. The van der Waals surface area contributed by atoms with Crippen molar-refractivity contribution in [3.63, 3.8) is 0 Å². The summed E-state index contributed by atoms with van der Waals surface area (Å²) in [7, 11) is 1.62. The molecule has 1 atom stereocenters. The van der Waals surface area contributed by atoms with Crippen molar-refractivity contribution in [3.05, 3.63) is 78.1 Å². The van der Waals surface area contributed by atoms with E-state index in [1.54, 1.807) is 31.3 Å². The highest BCUT2D eigenvalue weighted by Crippen LogP contribution is 2.32.